The number of rotatable bonds is 5. The van der Waals surface area contributed by atoms with Gasteiger partial charge in [-0.25, -0.2) is 8.42 Å². The Morgan fingerprint density at radius 3 is 2.00 bits per heavy atom. The van der Waals surface area contributed by atoms with Crippen LogP contribution in [0.15, 0.2) is 0 Å². The number of hydrogen-bond acceptors (Lipinski definition) is 4. The van der Waals surface area contributed by atoms with Crippen LogP contribution in [0.25, 0.3) is 0 Å². The predicted molar refractivity (Wildman–Crippen MR) is 79.6 cm³/mol. The molecule has 0 aromatic carbocycles. The average molecular weight is 319 g/mol. The number of nitrogens with one attached hydrogen (secondary N) is 1. The molecule has 122 valence electrons. The minimum absolute atomic E-state index is 0.0767. The molecule has 0 aromatic rings. The number of carboxylic acids is 1. The van der Waals surface area contributed by atoms with Gasteiger partial charge in [-0.15, -0.1) is 0 Å². The molecule has 0 aliphatic heterocycles. The summed E-state index contributed by atoms with van der Waals surface area (Å²) >= 11 is 0. The van der Waals surface area contributed by atoms with E-state index in [0.29, 0.717) is 25.7 Å². The summed E-state index contributed by atoms with van der Waals surface area (Å²) in [6.07, 6.45) is 2.12. The maximum absolute atomic E-state index is 12.0. The van der Waals surface area contributed by atoms with Gasteiger partial charge in [0.15, 0.2) is 9.84 Å². The zero-order valence-electron chi connectivity index (χ0n) is 12.9. The molecule has 1 rings (SSSR count). The van der Waals surface area contributed by atoms with Crippen LogP contribution < -0.4 is 5.32 Å². The van der Waals surface area contributed by atoms with E-state index in [1.165, 1.54) is 0 Å². The molecule has 7 heteroatoms. The number of carboxylic acid groups (broad SMARTS) is 1. The van der Waals surface area contributed by atoms with Crippen molar-refractivity contribution in [3.8, 4) is 0 Å². The second-order valence-corrected chi connectivity index (χ2v) is 9.47. The molecule has 1 fully saturated rings. The van der Waals surface area contributed by atoms with Gasteiger partial charge in [0, 0.05) is 12.5 Å². The first-order valence-electron chi connectivity index (χ1n) is 7.27. The van der Waals surface area contributed by atoms with E-state index in [1.807, 2.05) is 0 Å². The van der Waals surface area contributed by atoms with Gasteiger partial charge < -0.3 is 10.4 Å². The normalized spacial score (nSPS) is 23.6. The fourth-order valence-corrected chi connectivity index (χ4v) is 3.34. The standard InChI is InChI=1S/C14H25NO5S/c1-14(2,3)21(19,20)9-8-15-12(16)10-4-6-11(7-5-10)13(17)18/h10-11H,4-9H2,1-3H3,(H,15,16)(H,17,18). The lowest BCUT2D eigenvalue weighted by molar-refractivity contribution is -0.144. The molecule has 0 bridgehead atoms. The molecule has 0 aromatic heterocycles. The van der Waals surface area contributed by atoms with Gasteiger partial charge in [-0.3, -0.25) is 9.59 Å². The van der Waals surface area contributed by atoms with Crippen molar-refractivity contribution < 1.29 is 23.1 Å². The number of sulfone groups is 1. The lowest BCUT2D eigenvalue weighted by atomic mass is 9.81. The SMILES string of the molecule is CC(C)(C)S(=O)(=O)CCNC(=O)C1CCC(C(=O)O)CC1. The number of carbonyl (C=O) groups is 2. The molecule has 0 spiro atoms. The number of carbonyl (C=O) groups excluding carboxylic acids is 1. The second kappa shape index (κ2) is 6.77. The Bertz CT molecular complexity index is 484. The highest BCUT2D eigenvalue weighted by Crippen LogP contribution is 2.29. The first-order chi connectivity index (χ1) is 9.54. The van der Waals surface area contributed by atoms with Gasteiger partial charge in [0.1, 0.15) is 0 Å². The lowest BCUT2D eigenvalue weighted by Gasteiger charge is -2.25. The molecule has 0 heterocycles. The molecular formula is C14H25NO5S. The van der Waals surface area contributed by atoms with Crippen LogP contribution in [0.1, 0.15) is 46.5 Å². The van der Waals surface area contributed by atoms with Crippen LogP contribution in [-0.2, 0) is 19.4 Å². The Hall–Kier alpha value is -1.11. The molecule has 21 heavy (non-hydrogen) atoms. The van der Waals surface area contributed by atoms with Crippen molar-refractivity contribution in [2.75, 3.05) is 12.3 Å². The molecule has 1 aliphatic rings. The summed E-state index contributed by atoms with van der Waals surface area (Å²) in [7, 11) is -3.24. The summed E-state index contributed by atoms with van der Waals surface area (Å²) in [6, 6.07) is 0. The second-order valence-electron chi connectivity index (χ2n) is 6.61. The van der Waals surface area contributed by atoms with Gasteiger partial charge in [0.05, 0.1) is 16.4 Å². The van der Waals surface area contributed by atoms with Crippen LogP contribution in [0.3, 0.4) is 0 Å². The zero-order chi connectivity index (χ0) is 16.3. The minimum Gasteiger partial charge on any atom is -0.481 e. The van der Waals surface area contributed by atoms with E-state index in [9.17, 15) is 18.0 Å². The third-order valence-corrected chi connectivity index (χ3v) is 6.66. The molecule has 1 saturated carbocycles. The maximum atomic E-state index is 12.0. The highest BCUT2D eigenvalue weighted by molar-refractivity contribution is 7.92. The summed E-state index contributed by atoms with van der Waals surface area (Å²) in [5.74, 6) is -1.59. The highest BCUT2D eigenvalue weighted by atomic mass is 32.2. The van der Waals surface area contributed by atoms with Crippen molar-refractivity contribution in [2.45, 2.75) is 51.2 Å². The Morgan fingerprint density at radius 1 is 1.10 bits per heavy atom. The average Bonchev–Trinajstić information content (AvgIpc) is 2.37. The Morgan fingerprint density at radius 2 is 1.57 bits per heavy atom. The summed E-state index contributed by atoms with van der Waals surface area (Å²) < 4.78 is 23.0. The van der Waals surface area contributed by atoms with Gasteiger partial charge >= 0.3 is 5.97 Å². The first kappa shape index (κ1) is 17.9. The first-order valence-corrected chi connectivity index (χ1v) is 8.92. The monoisotopic (exact) mass is 319 g/mol. The fourth-order valence-electron chi connectivity index (χ4n) is 2.36. The Balaban J connectivity index is 2.38. The van der Waals surface area contributed by atoms with Gasteiger partial charge in [0.25, 0.3) is 0 Å². The molecule has 1 amide bonds. The zero-order valence-corrected chi connectivity index (χ0v) is 13.7. The van der Waals surface area contributed by atoms with E-state index in [0.717, 1.165) is 0 Å². The van der Waals surface area contributed by atoms with Crippen LogP contribution in [0.4, 0.5) is 0 Å². The molecular weight excluding hydrogens is 294 g/mol. The van der Waals surface area contributed by atoms with Crippen LogP contribution in [0.5, 0.6) is 0 Å². The Kier molecular flexibility index (Phi) is 5.78. The molecule has 0 radical (unpaired) electrons. The molecule has 2 N–H and O–H groups in total. The van der Waals surface area contributed by atoms with E-state index in [2.05, 4.69) is 5.32 Å². The van der Waals surface area contributed by atoms with E-state index in [4.69, 9.17) is 5.11 Å². The Labute approximate surface area is 126 Å². The van der Waals surface area contributed by atoms with Crippen molar-refractivity contribution in [1.29, 1.82) is 0 Å². The van der Waals surface area contributed by atoms with Crippen LogP contribution in [-0.4, -0.2) is 42.4 Å². The third kappa shape index (κ3) is 4.98. The smallest absolute Gasteiger partial charge is 0.306 e. The molecule has 0 atom stereocenters. The van der Waals surface area contributed by atoms with Crippen molar-refractivity contribution >= 4 is 21.7 Å². The predicted octanol–water partition coefficient (Wildman–Crippen LogP) is 1.21. The fraction of sp³-hybridized carbons (Fsp3) is 0.857. The maximum Gasteiger partial charge on any atom is 0.306 e. The number of hydrogen-bond donors (Lipinski definition) is 2. The molecule has 6 nitrogen and oxygen atoms in total. The van der Waals surface area contributed by atoms with E-state index in [1.54, 1.807) is 20.8 Å². The summed E-state index contributed by atoms with van der Waals surface area (Å²) in [4.78, 5) is 22.8. The van der Waals surface area contributed by atoms with Gasteiger partial charge in [-0.1, -0.05) is 0 Å². The topological polar surface area (TPSA) is 101 Å². The minimum atomic E-state index is -3.24. The van der Waals surface area contributed by atoms with Gasteiger partial charge in [-0.05, 0) is 46.5 Å². The summed E-state index contributed by atoms with van der Waals surface area (Å²) in [5, 5.41) is 11.6. The van der Waals surface area contributed by atoms with Crippen LogP contribution in [0, 0.1) is 11.8 Å². The van der Waals surface area contributed by atoms with E-state index >= 15 is 0 Å². The van der Waals surface area contributed by atoms with Gasteiger partial charge in [-0.2, -0.15) is 0 Å². The van der Waals surface area contributed by atoms with Crippen molar-refractivity contribution in [2.24, 2.45) is 11.8 Å². The van der Waals surface area contributed by atoms with Crippen molar-refractivity contribution in [3.63, 3.8) is 0 Å². The summed E-state index contributed by atoms with van der Waals surface area (Å²) in [5.41, 5.74) is 0. The van der Waals surface area contributed by atoms with Gasteiger partial charge in [0.2, 0.25) is 5.91 Å². The van der Waals surface area contributed by atoms with E-state index < -0.39 is 20.6 Å². The van der Waals surface area contributed by atoms with Crippen LogP contribution in [0.2, 0.25) is 0 Å². The number of amides is 1. The van der Waals surface area contributed by atoms with Crippen molar-refractivity contribution in [1.82, 2.24) is 5.32 Å². The number of aliphatic carboxylic acids is 1. The lowest BCUT2D eigenvalue weighted by Crippen LogP contribution is -2.39. The molecule has 0 saturated heterocycles. The quantitative estimate of drug-likeness (QED) is 0.793. The molecule has 1 aliphatic carbocycles. The third-order valence-electron chi connectivity index (χ3n) is 4.05. The molecule has 0 unspecified atom stereocenters. The largest absolute Gasteiger partial charge is 0.481 e. The summed E-state index contributed by atoms with van der Waals surface area (Å²) in [6.45, 7) is 5.02. The van der Waals surface area contributed by atoms with Crippen LogP contribution >= 0.6 is 0 Å². The highest BCUT2D eigenvalue weighted by Gasteiger charge is 2.31. The van der Waals surface area contributed by atoms with Crippen molar-refractivity contribution in [3.05, 3.63) is 0 Å². The van der Waals surface area contributed by atoms with E-state index in [-0.39, 0.29) is 30.0 Å².